The Balaban J connectivity index is 1.94. The highest BCUT2D eigenvalue weighted by Crippen LogP contribution is 2.39. The van der Waals surface area contributed by atoms with Crippen LogP contribution in [-0.4, -0.2) is 11.0 Å². The van der Waals surface area contributed by atoms with Crippen LogP contribution in [0.3, 0.4) is 0 Å². The van der Waals surface area contributed by atoms with Crippen LogP contribution in [-0.2, 0) is 6.42 Å². The Morgan fingerprint density at radius 1 is 1.44 bits per heavy atom. The molecule has 3 N–H and O–H groups in total. The van der Waals surface area contributed by atoms with Gasteiger partial charge < -0.3 is 0 Å². The number of nitrogens with one attached hydrogen (secondary N) is 1. The van der Waals surface area contributed by atoms with E-state index in [2.05, 4.69) is 30.3 Å². The molecule has 0 amide bonds. The molecule has 0 radical (unpaired) electrons. The number of hydrogen-bond donors (Lipinski definition) is 2. The van der Waals surface area contributed by atoms with E-state index in [-0.39, 0.29) is 0 Å². The lowest BCUT2D eigenvalue weighted by Crippen LogP contribution is -2.44. The van der Waals surface area contributed by atoms with E-state index < -0.39 is 0 Å². The van der Waals surface area contributed by atoms with E-state index in [1.54, 1.807) is 0 Å². The van der Waals surface area contributed by atoms with Gasteiger partial charge in [0.2, 0.25) is 0 Å². The van der Waals surface area contributed by atoms with Gasteiger partial charge in [0.1, 0.15) is 0 Å². The molecule has 0 bridgehead atoms. The molecule has 2 rings (SSSR count). The lowest BCUT2D eigenvalue weighted by atomic mass is 9.70. The number of nitrogens with two attached hydrogens (primary N) is 1. The van der Waals surface area contributed by atoms with E-state index in [1.165, 1.54) is 31.2 Å². The minimum atomic E-state index is 0.380. The van der Waals surface area contributed by atoms with Gasteiger partial charge >= 0.3 is 0 Å². The van der Waals surface area contributed by atoms with Gasteiger partial charge in [-0.05, 0) is 55.1 Å². The standard InChI is InChI=1S/C15H25N3/c1-15(2)7-5-13(6-8-15)14(18-16)10-12-4-3-9-17-11-12/h3-4,9,11,13-14,18H,5-8,10,16H2,1-2H3. The Bertz CT molecular complexity index is 351. The fourth-order valence-corrected chi connectivity index (χ4v) is 2.96. The highest BCUT2D eigenvalue weighted by atomic mass is 15.2. The number of rotatable bonds is 4. The van der Waals surface area contributed by atoms with E-state index >= 15 is 0 Å². The van der Waals surface area contributed by atoms with Gasteiger partial charge in [0, 0.05) is 18.4 Å². The predicted molar refractivity (Wildman–Crippen MR) is 74.8 cm³/mol. The van der Waals surface area contributed by atoms with Crippen LogP contribution >= 0.6 is 0 Å². The van der Waals surface area contributed by atoms with Crippen molar-refractivity contribution in [2.45, 2.75) is 52.0 Å². The maximum atomic E-state index is 5.75. The summed E-state index contributed by atoms with van der Waals surface area (Å²) in [6, 6.07) is 4.50. The first-order valence-corrected chi connectivity index (χ1v) is 6.96. The van der Waals surface area contributed by atoms with Gasteiger partial charge in [0.05, 0.1) is 0 Å². The lowest BCUT2D eigenvalue weighted by molar-refractivity contribution is 0.161. The molecule has 100 valence electrons. The van der Waals surface area contributed by atoms with Crippen LogP contribution in [0, 0.1) is 11.3 Å². The zero-order chi connectivity index (χ0) is 13.0. The van der Waals surface area contributed by atoms with E-state index in [0.29, 0.717) is 17.4 Å². The predicted octanol–water partition coefficient (Wildman–Crippen LogP) is 2.67. The summed E-state index contributed by atoms with van der Waals surface area (Å²) in [5, 5.41) is 0. The van der Waals surface area contributed by atoms with Gasteiger partial charge in [-0.1, -0.05) is 19.9 Å². The molecule has 1 atom stereocenters. The van der Waals surface area contributed by atoms with Crippen LogP contribution in [0.1, 0.15) is 45.1 Å². The summed E-state index contributed by atoms with van der Waals surface area (Å²) in [6.07, 6.45) is 9.92. The molecule has 1 aliphatic carbocycles. The molecule has 0 aromatic carbocycles. The molecule has 18 heavy (non-hydrogen) atoms. The van der Waals surface area contributed by atoms with Crippen molar-refractivity contribution in [3.05, 3.63) is 30.1 Å². The molecule has 0 saturated heterocycles. The van der Waals surface area contributed by atoms with E-state index in [4.69, 9.17) is 5.84 Å². The van der Waals surface area contributed by atoms with Crippen molar-refractivity contribution in [3.63, 3.8) is 0 Å². The normalized spacial score (nSPS) is 21.7. The Kier molecular flexibility index (Phi) is 4.36. The van der Waals surface area contributed by atoms with Gasteiger partial charge in [-0.25, -0.2) is 0 Å². The summed E-state index contributed by atoms with van der Waals surface area (Å²) in [4.78, 5) is 4.17. The van der Waals surface area contributed by atoms with Gasteiger partial charge in [0.15, 0.2) is 0 Å². The van der Waals surface area contributed by atoms with Gasteiger partial charge in [-0.3, -0.25) is 16.3 Å². The first kappa shape index (κ1) is 13.5. The average molecular weight is 247 g/mol. The maximum Gasteiger partial charge on any atom is 0.0300 e. The van der Waals surface area contributed by atoms with Crippen LogP contribution in [0.15, 0.2) is 24.5 Å². The Morgan fingerprint density at radius 2 is 2.17 bits per heavy atom. The first-order valence-electron chi connectivity index (χ1n) is 6.96. The molecule has 1 aromatic heterocycles. The maximum absolute atomic E-state index is 5.75. The second-order valence-electron chi connectivity index (χ2n) is 6.34. The smallest absolute Gasteiger partial charge is 0.0300 e. The van der Waals surface area contributed by atoms with Crippen molar-refractivity contribution in [2.24, 2.45) is 17.2 Å². The summed E-state index contributed by atoms with van der Waals surface area (Å²) >= 11 is 0. The summed E-state index contributed by atoms with van der Waals surface area (Å²) < 4.78 is 0. The summed E-state index contributed by atoms with van der Waals surface area (Å²) in [5.41, 5.74) is 4.81. The Labute approximate surface area is 110 Å². The monoisotopic (exact) mass is 247 g/mol. The van der Waals surface area contributed by atoms with E-state index in [0.717, 1.165) is 6.42 Å². The van der Waals surface area contributed by atoms with Gasteiger partial charge in [0.25, 0.3) is 0 Å². The van der Waals surface area contributed by atoms with Crippen LogP contribution in [0.2, 0.25) is 0 Å². The van der Waals surface area contributed by atoms with Crippen molar-refractivity contribution in [1.82, 2.24) is 10.4 Å². The molecule has 1 aromatic rings. The lowest BCUT2D eigenvalue weighted by Gasteiger charge is -2.37. The second-order valence-corrected chi connectivity index (χ2v) is 6.34. The fraction of sp³-hybridized carbons (Fsp3) is 0.667. The summed E-state index contributed by atoms with van der Waals surface area (Å²) in [6.45, 7) is 4.74. The topological polar surface area (TPSA) is 50.9 Å². The van der Waals surface area contributed by atoms with Crippen LogP contribution in [0.5, 0.6) is 0 Å². The highest BCUT2D eigenvalue weighted by Gasteiger charge is 2.30. The van der Waals surface area contributed by atoms with E-state index in [9.17, 15) is 0 Å². The fourth-order valence-electron chi connectivity index (χ4n) is 2.96. The molecule has 1 aliphatic rings. The third-order valence-electron chi connectivity index (χ3n) is 4.35. The molecule has 1 fully saturated rings. The molecule has 0 aliphatic heterocycles. The van der Waals surface area contributed by atoms with Crippen LogP contribution in [0.4, 0.5) is 0 Å². The zero-order valence-electron chi connectivity index (χ0n) is 11.5. The minimum Gasteiger partial charge on any atom is -0.271 e. The number of hydrogen-bond acceptors (Lipinski definition) is 3. The quantitative estimate of drug-likeness (QED) is 0.635. The molecule has 1 saturated carbocycles. The minimum absolute atomic E-state index is 0.380. The number of aromatic nitrogens is 1. The average Bonchev–Trinajstić information content (AvgIpc) is 2.38. The van der Waals surface area contributed by atoms with Crippen LogP contribution < -0.4 is 11.3 Å². The third kappa shape index (κ3) is 3.53. The molecular weight excluding hydrogens is 222 g/mol. The zero-order valence-corrected chi connectivity index (χ0v) is 11.5. The molecule has 1 unspecified atom stereocenters. The molecule has 3 heteroatoms. The summed E-state index contributed by atoms with van der Waals surface area (Å²) in [5.74, 6) is 6.45. The van der Waals surface area contributed by atoms with Crippen molar-refractivity contribution in [3.8, 4) is 0 Å². The van der Waals surface area contributed by atoms with Crippen LogP contribution in [0.25, 0.3) is 0 Å². The van der Waals surface area contributed by atoms with Crippen molar-refractivity contribution in [2.75, 3.05) is 0 Å². The van der Waals surface area contributed by atoms with Crippen molar-refractivity contribution >= 4 is 0 Å². The van der Waals surface area contributed by atoms with Crippen molar-refractivity contribution < 1.29 is 0 Å². The first-order chi connectivity index (χ1) is 8.61. The second kappa shape index (κ2) is 5.81. The van der Waals surface area contributed by atoms with E-state index in [1.807, 2.05) is 18.5 Å². The Hall–Kier alpha value is -0.930. The Morgan fingerprint density at radius 3 is 2.72 bits per heavy atom. The number of pyridine rings is 1. The van der Waals surface area contributed by atoms with Crippen molar-refractivity contribution in [1.29, 1.82) is 0 Å². The molecular formula is C15H25N3. The largest absolute Gasteiger partial charge is 0.271 e. The molecule has 1 heterocycles. The highest BCUT2D eigenvalue weighted by molar-refractivity contribution is 5.10. The molecule has 0 spiro atoms. The van der Waals surface area contributed by atoms with Gasteiger partial charge in [-0.2, -0.15) is 0 Å². The molecule has 3 nitrogen and oxygen atoms in total. The third-order valence-corrected chi connectivity index (χ3v) is 4.35. The number of nitrogens with zero attached hydrogens (tertiary/aromatic N) is 1. The summed E-state index contributed by atoms with van der Waals surface area (Å²) in [7, 11) is 0. The van der Waals surface area contributed by atoms with Gasteiger partial charge in [-0.15, -0.1) is 0 Å². The SMILES string of the molecule is CC1(C)CCC(C(Cc2cccnc2)NN)CC1. The number of hydrazine groups is 1.